The molecule has 0 aliphatic carbocycles. The molecule has 0 amide bonds. The third-order valence-corrected chi connectivity index (χ3v) is 4.26. The molecule has 120 valence electrons. The highest BCUT2D eigenvalue weighted by atomic mass is 32.3. The third kappa shape index (κ3) is 8.89. The summed E-state index contributed by atoms with van der Waals surface area (Å²) in [5.41, 5.74) is 0. The zero-order valence-corrected chi connectivity index (χ0v) is 13.2. The highest BCUT2D eigenvalue weighted by Crippen LogP contribution is 2.21. The van der Waals surface area contributed by atoms with E-state index in [0.717, 1.165) is 32.3 Å². The van der Waals surface area contributed by atoms with Gasteiger partial charge in [-0.05, 0) is 25.7 Å². The van der Waals surface area contributed by atoms with Crippen molar-refractivity contribution < 1.29 is 21.9 Å². The lowest BCUT2D eigenvalue weighted by Crippen LogP contribution is -2.29. The lowest BCUT2D eigenvalue weighted by Gasteiger charge is -2.27. The lowest BCUT2D eigenvalue weighted by atomic mass is 10.0. The first-order chi connectivity index (χ1) is 9.51. The molecule has 1 rings (SSSR count). The average Bonchev–Trinajstić information content (AvgIpc) is 2.29. The van der Waals surface area contributed by atoms with Crippen molar-refractivity contribution in [2.45, 2.75) is 83.3 Å². The fourth-order valence-corrected chi connectivity index (χ4v) is 2.99. The molecule has 2 atom stereocenters. The van der Waals surface area contributed by atoms with E-state index in [-0.39, 0.29) is 6.10 Å². The van der Waals surface area contributed by atoms with Gasteiger partial charge in [0.25, 0.3) is 0 Å². The summed E-state index contributed by atoms with van der Waals surface area (Å²) < 4.78 is 40.6. The number of unbranched alkanes of at least 4 members (excludes halogenated alkanes) is 5. The normalized spacial score (nSPS) is 20.6. The molecule has 5 nitrogen and oxygen atoms in total. The molecule has 2 unspecified atom stereocenters. The van der Waals surface area contributed by atoms with E-state index >= 15 is 0 Å². The molecule has 1 fully saturated rings. The van der Waals surface area contributed by atoms with Gasteiger partial charge in [0.1, 0.15) is 0 Å². The van der Waals surface area contributed by atoms with Gasteiger partial charge in [0.2, 0.25) is 0 Å². The first-order valence-corrected chi connectivity index (χ1v) is 9.15. The van der Waals surface area contributed by atoms with Crippen LogP contribution in [0.4, 0.5) is 0 Å². The Morgan fingerprint density at radius 2 is 1.85 bits per heavy atom. The standard InChI is InChI=1S/C14H28O5S/c1-2-3-4-5-6-7-8-14(19-20(15,16)17)10-9-13-11-12-18-13/h13-14H,2-12H2,1H3,(H,15,16,17). The van der Waals surface area contributed by atoms with E-state index in [2.05, 4.69) is 6.92 Å². The number of hydrogen-bond acceptors (Lipinski definition) is 4. The minimum Gasteiger partial charge on any atom is -0.378 e. The first kappa shape index (κ1) is 17.9. The van der Waals surface area contributed by atoms with Crippen LogP contribution in [0.1, 0.15) is 71.1 Å². The van der Waals surface area contributed by atoms with E-state index < -0.39 is 16.5 Å². The molecule has 0 spiro atoms. The van der Waals surface area contributed by atoms with Crippen molar-refractivity contribution >= 4 is 10.4 Å². The van der Waals surface area contributed by atoms with Crippen LogP contribution >= 0.6 is 0 Å². The zero-order valence-electron chi connectivity index (χ0n) is 12.4. The molecule has 0 aromatic rings. The second-order valence-electron chi connectivity index (χ2n) is 5.56. The number of hydrogen-bond donors (Lipinski definition) is 1. The minimum atomic E-state index is -4.35. The van der Waals surface area contributed by atoms with Gasteiger partial charge in [0, 0.05) is 6.61 Å². The predicted octanol–water partition coefficient (Wildman–Crippen LogP) is 3.49. The molecule has 0 aromatic heterocycles. The van der Waals surface area contributed by atoms with Crippen molar-refractivity contribution in [1.82, 2.24) is 0 Å². The smallest absolute Gasteiger partial charge is 0.378 e. The fourth-order valence-electron chi connectivity index (χ4n) is 2.45. The molecular weight excluding hydrogens is 280 g/mol. The molecule has 20 heavy (non-hydrogen) atoms. The van der Waals surface area contributed by atoms with Crippen molar-refractivity contribution in [2.24, 2.45) is 0 Å². The van der Waals surface area contributed by atoms with Crippen LogP contribution < -0.4 is 0 Å². The summed E-state index contributed by atoms with van der Waals surface area (Å²) in [7, 11) is -4.35. The quantitative estimate of drug-likeness (QED) is 0.441. The van der Waals surface area contributed by atoms with E-state index in [1.807, 2.05) is 0 Å². The molecule has 6 heteroatoms. The molecule has 1 N–H and O–H groups in total. The van der Waals surface area contributed by atoms with Crippen LogP contribution in [-0.4, -0.2) is 31.8 Å². The summed E-state index contributed by atoms with van der Waals surface area (Å²) in [6, 6.07) is 0. The van der Waals surface area contributed by atoms with Gasteiger partial charge in [-0.3, -0.25) is 4.55 Å². The van der Waals surface area contributed by atoms with E-state index in [1.54, 1.807) is 0 Å². The van der Waals surface area contributed by atoms with Crippen LogP contribution in [0.15, 0.2) is 0 Å². The van der Waals surface area contributed by atoms with Crippen LogP contribution in [0, 0.1) is 0 Å². The molecule has 0 aromatic carbocycles. The highest BCUT2D eigenvalue weighted by molar-refractivity contribution is 7.80. The Hall–Kier alpha value is -0.170. The maximum atomic E-state index is 10.8. The summed E-state index contributed by atoms with van der Waals surface area (Å²) in [5, 5.41) is 0. The molecule has 0 saturated carbocycles. The largest absolute Gasteiger partial charge is 0.397 e. The SMILES string of the molecule is CCCCCCCCC(CCC1CCO1)OS(=O)(=O)O. The van der Waals surface area contributed by atoms with E-state index in [1.165, 1.54) is 25.7 Å². The second kappa shape index (κ2) is 9.71. The topological polar surface area (TPSA) is 72.8 Å². The Balaban J connectivity index is 2.18. The van der Waals surface area contributed by atoms with Gasteiger partial charge in [0.15, 0.2) is 0 Å². The molecule has 1 heterocycles. The van der Waals surface area contributed by atoms with Crippen molar-refractivity contribution in [3.63, 3.8) is 0 Å². The third-order valence-electron chi connectivity index (χ3n) is 3.74. The molecule has 1 saturated heterocycles. The van der Waals surface area contributed by atoms with Crippen LogP contribution in [0.2, 0.25) is 0 Å². The first-order valence-electron chi connectivity index (χ1n) is 7.78. The van der Waals surface area contributed by atoms with Crippen LogP contribution in [0.3, 0.4) is 0 Å². The summed E-state index contributed by atoms with van der Waals surface area (Å²) in [6.07, 6.45) is 9.88. The highest BCUT2D eigenvalue weighted by Gasteiger charge is 2.22. The molecule has 1 aliphatic rings. The van der Waals surface area contributed by atoms with E-state index in [0.29, 0.717) is 12.8 Å². The lowest BCUT2D eigenvalue weighted by molar-refractivity contribution is -0.0597. The van der Waals surface area contributed by atoms with Gasteiger partial charge < -0.3 is 4.74 Å². The average molecular weight is 308 g/mol. The van der Waals surface area contributed by atoms with E-state index in [4.69, 9.17) is 13.5 Å². The van der Waals surface area contributed by atoms with Crippen molar-refractivity contribution in [1.29, 1.82) is 0 Å². The maximum absolute atomic E-state index is 10.8. The number of ether oxygens (including phenoxy) is 1. The van der Waals surface area contributed by atoms with Gasteiger partial charge in [-0.25, -0.2) is 4.18 Å². The number of rotatable bonds is 12. The van der Waals surface area contributed by atoms with Gasteiger partial charge in [-0.1, -0.05) is 45.4 Å². The Kier molecular flexibility index (Phi) is 8.68. The zero-order chi connectivity index (χ0) is 14.8. The summed E-state index contributed by atoms with van der Waals surface area (Å²) in [4.78, 5) is 0. The van der Waals surface area contributed by atoms with E-state index in [9.17, 15) is 8.42 Å². The van der Waals surface area contributed by atoms with Crippen molar-refractivity contribution in [3.05, 3.63) is 0 Å². The van der Waals surface area contributed by atoms with Gasteiger partial charge in [0.05, 0.1) is 12.2 Å². The Labute approximate surface area is 123 Å². The molecule has 0 radical (unpaired) electrons. The fraction of sp³-hybridized carbons (Fsp3) is 1.00. The van der Waals surface area contributed by atoms with Crippen LogP contribution in [0.5, 0.6) is 0 Å². The Bertz CT molecular complexity index is 337. The monoisotopic (exact) mass is 308 g/mol. The molecular formula is C14H28O5S. The Morgan fingerprint density at radius 3 is 2.40 bits per heavy atom. The second-order valence-corrected chi connectivity index (χ2v) is 6.61. The molecule has 1 aliphatic heterocycles. The molecule has 0 bridgehead atoms. The summed E-state index contributed by atoms with van der Waals surface area (Å²) in [6.45, 7) is 2.98. The summed E-state index contributed by atoms with van der Waals surface area (Å²) in [5.74, 6) is 0. The van der Waals surface area contributed by atoms with Gasteiger partial charge >= 0.3 is 10.4 Å². The maximum Gasteiger partial charge on any atom is 0.397 e. The van der Waals surface area contributed by atoms with Gasteiger partial charge in [-0.15, -0.1) is 0 Å². The van der Waals surface area contributed by atoms with Crippen LogP contribution in [0.25, 0.3) is 0 Å². The van der Waals surface area contributed by atoms with Gasteiger partial charge in [-0.2, -0.15) is 8.42 Å². The predicted molar refractivity (Wildman–Crippen MR) is 78.0 cm³/mol. The Morgan fingerprint density at radius 1 is 1.20 bits per heavy atom. The van der Waals surface area contributed by atoms with Crippen molar-refractivity contribution in [2.75, 3.05) is 6.61 Å². The summed E-state index contributed by atoms with van der Waals surface area (Å²) >= 11 is 0. The van der Waals surface area contributed by atoms with Crippen LogP contribution in [-0.2, 0) is 19.3 Å². The van der Waals surface area contributed by atoms with Crippen molar-refractivity contribution in [3.8, 4) is 0 Å². The minimum absolute atomic E-state index is 0.243.